The van der Waals surface area contributed by atoms with E-state index in [1.165, 1.54) is 0 Å². The maximum Gasteiger partial charge on any atom is 0.0962 e. The predicted octanol–water partition coefficient (Wildman–Crippen LogP) is -1.03. The molecule has 3 atom stereocenters. The third kappa shape index (κ3) is 0.764. The molecule has 9 heavy (non-hydrogen) atoms. The first-order valence-corrected chi connectivity index (χ1v) is 3.38. The predicted molar refractivity (Wildman–Crippen MR) is 32.1 cm³/mol. The Labute approximate surface area is 54.0 Å². The van der Waals surface area contributed by atoms with Crippen LogP contribution in [0.5, 0.6) is 0 Å². The van der Waals surface area contributed by atoms with Crippen molar-refractivity contribution in [1.29, 1.82) is 0 Å². The Morgan fingerprint density at radius 3 is 3.00 bits per heavy atom. The van der Waals surface area contributed by atoms with Crippen LogP contribution in [0.1, 0.15) is 0 Å². The molecule has 2 rings (SSSR count). The zero-order chi connectivity index (χ0) is 6.27. The molecule has 2 heterocycles. The highest BCUT2D eigenvalue weighted by Gasteiger charge is 2.38. The van der Waals surface area contributed by atoms with Crippen LogP contribution in [0.3, 0.4) is 0 Å². The van der Waals surface area contributed by atoms with Gasteiger partial charge in [0.15, 0.2) is 0 Å². The molecule has 0 saturated carbocycles. The van der Waals surface area contributed by atoms with E-state index in [-0.39, 0.29) is 12.2 Å². The molecule has 2 bridgehead atoms. The topological polar surface area (TPSA) is 41.5 Å². The number of piperidine rings is 1. The molecule has 0 aromatic carbocycles. The summed E-state index contributed by atoms with van der Waals surface area (Å²) < 4.78 is 5.28. The first-order chi connectivity index (χ1) is 4.38. The highest BCUT2D eigenvalue weighted by molar-refractivity contribution is 4.90. The maximum atomic E-state index is 9.34. The minimum Gasteiger partial charge on any atom is -0.390 e. The Balaban J connectivity index is 2.10. The summed E-state index contributed by atoms with van der Waals surface area (Å²) in [6, 6.07) is 0. The minimum atomic E-state index is -0.203. The standard InChI is InChI=1S/C6H11NO2/c8-6-4-1-7-2-5(6)9-3-4/h4-8H,1-3H2. The summed E-state index contributed by atoms with van der Waals surface area (Å²) in [5.74, 6) is 0.351. The fourth-order valence-corrected chi connectivity index (χ4v) is 1.52. The Morgan fingerprint density at radius 1 is 1.44 bits per heavy atom. The molecule has 0 aliphatic carbocycles. The van der Waals surface area contributed by atoms with Gasteiger partial charge in [-0.05, 0) is 0 Å². The molecular formula is C6H11NO2. The average molecular weight is 129 g/mol. The van der Waals surface area contributed by atoms with Crippen LogP contribution in [0.15, 0.2) is 0 Å². The van der Waals surface area contributed by atoms with Crippen LogP contribution in [-0.4, -0.2) is 37.0 Å². The summed E-state index contributed by atoms with van der Waals surface area (Å²) in [4.78, 5) is 0. The van der Waals surface area contributed by atoms with Gasteiger partial charge in [-0.15, -0.1) is 0 Å². The third-order valence-corrected chi connectivity index (χ3v) is 2.14. The quantitative estimate of drug-likeness (QED) is 0.439. The van der Waals surface area contributed by atoms with Gasteiger partial charge < -0.3 is 15.2 Å². The van der Waals surface area contributed by atoms with Crippen molar-refractivity contribution in [2.45, 2.75) is 12.2 Å². The second-order valence-electron chi connectivity index (χ2n) is 2.78. The zero-order valence-electron chi connectivity index (χ0n) is 5.21. The van der Waals surface area contributed by atoms with E-state index in [9.17, 15) is 5.11 Å². The van der Waals surface area contributed by atoms with Gasteiger partial charge in [-0.3, -0.25) is 0 Å². The molecule has 2 aliphatic rings. The van der Waals surface area contributed by atoms with Crippen LogP contribution in [0.2, 0.25) is 0 Å². The lowest BCUT2D eigenvalue weighted by Crippen LogP contribution is -2.45. The Kier molecular flexibility index (Phi) is 1.22. The van der Waals surface area contributed by atoms with E-state index in [0.717, 1.165) is 19.7 Å². The molecule has 0 aromatic heterocycles. The third-order valence-electron chi connectivity index (χ3n) is 2.14. The molecule has 0 amide bonds. The van der Waals surface area contributed by atoms with Crippen molar-refractivity contribution in [2.75, 3.05) is 19.7 Å². The van der Waals surface area contributed by atoms with Crippen LogP contribution in [0.4, 0.5) is 0 Å². The number of ether oxygens (including phenoxy) is 1. The maximum absolute atomic E-state index is 9.34. The number of aliphatic hydroxyl groups excluding tert-OH is 1. The Hall–Kier alpha value is -0.120. The fourth-order valence-electron chi connectivity index (χ4n) is 1.52. The number of aliphatic hydroxyl groups is 1. The van der Waals surface area contributed by atoms with Gasteiger partial charge in [0, 0.05) is 19.0 Å². The second kappa shape index (κ2) is 1.94. The summed E-state index contributed by atoms with van der Waals surface area (Å²) in [7, 11) is 0. The lowest BCUT2D eigenvalue weighted by Gasteiger charge is -2.23. The summed E-state index contributed by atoms with van der Waals surface area (Å²) >= 11 is 0. The van der Waals surface area contributed by atoms with Crippen LogP contribution >= 0.6 is 0 Å². The smallest absolute Gasteiger partial charge is 0.0962 e. The molecule has 2 fully saturated rings. The number of nitrogens with one attached hydrogen (secondary N) is 1. The Bertz CT molecular complexity index is 102. The summed E-state index contributed by atoms with van der Waals surface area (Å²) in [6.07, 6.45) is -0.130. The minimum absolute atomic E-state index is 0.0729. The molecule has 3 heteroatoms. The van der Waals surface area contributed by atoms with E-state index >= 15 is 0 Å². The summed E-state index contributed by atoms with van der Waals surface area (Å²) in [5.41, 5.74) is 0. The lowest BCUT2D eigenvalue weighted by atomic mass is 9.98. The largest absolute Gasteiger partial charge is 0.390 e. The lowest BCUT2D eigenvalue weighted by molar-refractivity contribution is 0.0298. The molecule has 52 valence electrons. The molecule has 2 N–H and O–H groups in total. The van der Waals surface area contributed by atoms with E-state index in [4.69, 9.17) is 4.74 Å². The van der Waals surface area contributed by atoms with E-state index in [1.807, 2.05) is 0 Å². The van der Waals surface area contributed by atoms with Crippen molar-refractivity contribution in [3.05, 3.63) is 0 Å². The monoisotopic (exact) mass is 129 g/mol. The SMILES string of the molecule is OC1C2CNCC1OC2. The summed E-state index contributed by atoms with van der Waals surface area (Å²) in [5, 5.41) is 12.5. The van der Waals surface area contributed by atoms with Gasteiger partial charge in [0.25, 0.3) is 0 Å². The van der Waals surface area contributed by atoms with Gasteiger partial charge >= 0.3 is 0 Å². The molecule has 0 aromatic rings. The van der Waals surface area contributed by atoms with Crippen molar-refractivity contribution >= 4 is 0 Å². The van der Waals surface area contributed by atoms with Crippen molar-refractivity contribution < 1.29 is 9.84 Å². The molecule has 0 spiro atoms. The van der Waals surface area contributed by atoms with Gasteiger partial charge in [-0.25, -0.2) is 0 Å². The zero-order valence-corrected chi connectivity index (χ0v) is 5.21. The summed E-state index contributed by atoms with van der Waals surface area (Å²) in [6.45, 7) is 2.47. The van der Waals surface area contributed by atoms with Crippen molar-refractivity contribution in [3.63, 3.8) is 0 Å². The van der Waals surface area contributed by atoms with E-state index in [2.05, 4.69) is 5.32 Å². The highest BCUT2D eigenvalue weighted by atomic mass is 16.5. The van der Waals surface area contributed by atoms with Crippen molar-refractivity contribution in [1.82, 2.24) is 5.32 Å². The van der Waals surface area contributed by atoms with Crippen LogP contribution in [0, 0.1) is 5.92 Å². The normalized spacial score (nSPS) is 49.7. The number of rotatable bonds is 0. The number of hydrogen-bond donors (Lipinski definition) is 2. The van der Waals surface area contributed by atoms with E-state index < -0.39 is 0 Å². The van der Waals surface area contributed by atoms with Gasteiger partial charge in [0.05, 0.1) is 18.8 Å². The van der Waals surface area contributed by atoms with E-state index in [1.54, 1.807) is 0 Å². The van der Waals surface area contributed by atoms with Crippen molar-refractivity contribution in [3.8, 4) is 0 Å². The number of hydrogen-bond acceptors (Lipinski definition) is 3. The second-order valence-corrected chi connectivity index (χ2v) is 2.78. The first kappa shape index (κ1) is 5.65. The highest BCUT2D eigenvalue weighted by Crippen LogP contribution is 2.22. The number of fused-ring (bicyclic) bond motifs is 2. The van der Waals surface area contributed by atoms with Crippen LogP contribution < -0.4 is 5.32 Å². The van der Waals surface area contributed by atoms with Crippen LogP contribution in [-0.2, 0) is 4.74 Å². The molecule has 2 aliphatic heterocycles. The molecule has 2 saturated heterocycles. The first-order valence-electron chi connectivity index (χ1n) is 3.38. The van der Waals surface area contributed by atoms with Gasteiger partial charge in [0.1, 0.15) is 0 Å². The van der Waals surface area contributed by atoms with Gasteiger partial charge in [-0.1, -0.05) is 0 Å². The molecule has 0 radical (unpaired) electrons. The molecule has 3 nitrogen and oxygen atoms in total. The van der Waals surface area contributed by atoms with Crippen LogP contribution in [0.25, 0.3) is 0 Å². The molecular weight excluding hydrogens is 118 g/mol. The molecule has 3 unspecified atom stereocenters. The van der Waals surface area contributed by atoms with Gasteiger partial charge in [-0.2, -0.15) is 0 Å². The van der Waals surface area contributed by atoms with Gasteiger partial charge in [0.2, 0.25) is 0 Å². The van der Waals surface area contributed by atoms with Crippen molar-refractivity contribution in [2.24, 2.45) is 5.92 Å². The Morgan fingerprint density at radius 2 is 2.33 bits per heavy atom. The fraction of sp³-hybridized carbons (Fsp3) is 1.00. The average Bonchev–Trinajstić information content (AvgIpc) is 2.19. The van der Waals surface area contributed by atoms with E-state index in [0.29, 0.717) is 5.92 Å².